The number of ether oxygens (including phenoxy) is 1. The minimum atomic E-state index is -0.240. The van der Waals surface area contributed by atoms with Gasteiger partial charge in [-0.05, 0) is 54.8 Å². The summed E-state index contributed by atoms with van der Waals surface area (Å²) in [5.41, 5.74) is 1.96. The van der Waals surface area contributed by atoms with Crippen LogP contribution in [0.2, 0.25) is 5.02 Å². The lowest BCUT2D eigenvalue weighted by atomic mass is 10.1. The van der Waals surface area contributed by atoms with Gasteiger partial charge in [-0.1, -0.05) is 37.6 Å². The molecule has 0 unspecified atom stereocenters. The third kappa shape index (κ3) is 6.20. The van der Waals surface area contributed by atoms with Crippen LogP contribution >= 0.6 is 11.6 Å². The van der Waals surface area contributed by atoms with Gasteiger partial charge in [-0.15, -0.1) is 0 Å². The molecule has 0 bridgehead atoms. The van der Waals surface area contributed by atoms with E-state index in [4.69, 9.17) is 16.3 Å². The average Bonchev–Trinajstić information content (AvgIpc) is 2.52. The highest BCUT2D eigenvalue weighted by atomic mass is 35.5. The van der Waals surface area contributed by atoms with Crippen LogP contribution in [0.1, 0.15) is 31.4 Å². The summed E-state index contributed by atoms with van der Waals surface area (Å²) < 4.78 is 18.8. The molecule has 2 rings (SSSR count). The van der Waals surface area contributed by atoms with E-state index in [1.807, 2.05) is 18.2 Å². The molecule has 0 saturated carbocycles. The minimum absolute atomic E-state index is 0.240. The first-order valence-corrected chi connectivity index (χ1v) is 8.29. The highest BCUT2D eigenvalue weighted by Crippen LogP contribution is 2.24. The van der Waals surface area contributed by atoms with Gasteiger partial charge in [0.15, 0.2) is 0 Å². The topological polar surface area (TPSA) is 21.3 Å². The fourth-order valence-electron chi connectivity index (χ4n) is 2.18. The van der Waals surface area contributed by atoms with Gasteiger partial charge in [-0.3, -0.25) is 0 Å². The smallest absolute Gasteiger partial charge is 0.124 e. The number of rotatable bonds is 8. The van der Waals surface area contributed by atoms with Crippen molar-refractivity contribution in [1.82, 2.24) is 5.32 Å². The molecule has 4 heteroatoms. The summed E-state index contributed by atoms with van der Waals surface area (Å²) in [6.45, 7) is 6.49. The Morgan fingerprint density at radius 1 is 1.13 bits per heavy atom. The zero-order valence-corrected chi connectivity index (χ0v) is 14.4. The Kier molecular flexibility index (Phi) is 6.87. The monoisotopic (exact) mass is 335 g/mol. The van der Waals surface area contributed by atoms with Crippen molar-refractivity contribution in [1.29, 1.82) is 0 Å². The Morgan fingerprint density at radius 3 is 2.57 bits per heavy atom. The summed E-state index contributed by atoms with van der Waals surface area (Å²) in [5.74, 6) is 1.24. The Bertz CT molecular complexity index is 613. The van der Waals surface area contributed by atoms with Crippen LogP contribution in [0.5, 0.6) is 5.75 Å². The number of hydrogen-bond donors (Lipinski definition) is 1. The predicted octanol–water partition coefficient (Wildman–Crippen LogP) is 5.19. The van der Waals surface area contributed by atoms with Crippen LogP contribution in [-0.4, -0.2) is 6.54 Å². The SMILES string of the molecule is CC(C)CCNCc1cc(Cl)ccc1OCc1ccc(F)cc1. The second kappa shape index (κ2) is 8.90. The summed E-state index contributed by atoms with van der Waals surface area (Å²) in [6, 6.07) is 12.0. The molecule has 2 aromatic carbocycles. The fraction of sp³-hybridized carbons (Fsp3) is 0.368. The standard InChI is InChI=1S/C19H23ClFNO/c1-14(2)9-10-22-12-16-11-17(20)5-8-19(16)23-13-15-3-6-18(21)7-4-15/h3-8,11,14,22H,9-10,12-13H2,1-2H3. The van der Waals surface area contributed by atoms with E-state index in [1.165, 1.54) is 12.1 Å². The Labute approximate surface area is 142 Å². The van der Waals surface area contributed by atoms with Crippen molar-refractivity contribution in [2.24, 2.45) is 5.92 Å². The van der Waals surface area contributed by atoms with Gasteiger partial charge in [0.1, 0.15) is 18.2 Å². The number of halogens is 2. The molecule has 0 heterocycles. The first kappa shape index (κ1) is 17.8. The average molecular weight is 336 g/mol. The predicted molar refractivity (Wildman–Crippen MR) is 93.3 cm³/mol. The lowest BCUT2D eigenvalue weighted by Crippen LogP contribution is -2.17. The van der Waals surface area contributed by atoms with Crippen molar-refractivity contribution in [3.8, 4) is 5.75 Å². The van der Waals surface area contributed by atoms with Crippen molar-refractivity contribution in [3.05, 3.63) is 64.4 Å². The van der Waals surface area contributed by atoms with Gasteiger partial charge >= 0.3 is 0 Å². The van der Waals surface area contributed by atoms with E-state index in [9.17, 15) is 4.39 Å². The molecular weight excluding hydrogens is 313 g/mol. The zero-order chi connectivity index (χ0) is 16.7. The molecular formula is C19H23ClFNO. The molecule has 2 nitrogen and oxygen atoms in total. The highest BCUT2D eigenvalue weighted by molar-refractivity contribution is 6.30. The number of hydrogen-bond acceptors (Lipinski definition) is 2. The van der Waals surface area contributed by atoms with E-state index < -0.39 is 0 Å². The van der Waals surface area contributed by atoms with Crippen LogP contribution in [0, 0.1) is 11.7 Å². The summed E-state index contributed by atoms with van der Waals surface area (Å²) in [5, 5.41) is 4.11. The maximum Gasteiger partial charge on any atom is 0.124 e. The molecule has 0 saturated heterocycles. The van der Waals surface area contributed by atoms with Crippen molar-refractivity contribution in [2.45, 2.75) is 33.4 Å². The molecule has 23 heavy (non-hydrogen) atoms. The van der Waals surface area contributed by atoms with Gasteiger partial charge in [0, 0.05) is 17.1 Å². The maximum absolute atomic E-state index is 12.9. The fourth-order valence-corrected chi connectivity index (χ4v) is 2.38. The summed E-state index contributed by atoms with van der Waals surface area (Å²) >= 11 is 6.09. The van der Waals surface area contributed by atoms with Gasteiger partial charge in [-0.25, -0.2) is 4.39 Å². The minimum Gasteiger partial charge on any atom is -0.489 e. The van der Waals surface area contributed by atoms with Crippen LogP contribution in [-0.2, 0) is 13.2 Å². The molecule has 1 N–H and O–H groups in total. The first-order chi connectivity index (χ1) is 11.0. The molecule has 0 amide bonds. The third-order valence-electron chi connectivity index (χ3n) is 3.54. The molecule has 0 atom stereocenters. The Morgan fingerprint density at radius 2 is 1.87 bits per heavy atom. The molecule has 0 aliphatic carbocycles. The first-order valence-electron chi connectivity index (χ1n) is 7.91. The van der Waals surface area contributed by atoms with Crippen LogP contribution in [0.4, 0.5) is 4.39 Å². The van der Waals surface area contributed by atoms with Crippen LogP contribution in [0.25, 0.3) is 0 Å². The molecule has 0 aromatic heterocycles. The quantitative estimate of drug-likeness (QED) is 0.670. The highest BCUT2D eigenvalue weighted by Gasteiger charge is 2.06. The molecule has 124 valence electrons. The van der Waals surface area contributed by atoms with E-state index in [-0.39, 0.29) is 5.82 Å². The molecule has 0 fully saturated rings. The number of nitrogens with one attached hydrogen (secondary N) is 1. The van der Waals surface area contributed by atoms with Crippen LogP contribution in [0.15, 0.2) is 42.5 Å². The zero-order valence-electron chi connectivity index (χ0n) is 13.6. The normalized spacial score (nSPS) is 11.0. The van der Waals surface area contributed by atoms with Gasteiger partial charge in [-0.2, -0.15) is 0 Å². The van der Waals surface area contributed by atoms with Crippen LogP contribution < -0.4 is 10.1 Å². The summed E-state index contributed by atoms with van der Waals surface area (Å²) in [7, 11) is 0. The largest absolute Gasteiger partial charge is 0.489 e. The van der Waals surface area contributed by atoms with Crippen molar-refractivity contribution in [3.63, 3.8) is 0 Å². The van der Waals surface area contributed by atoms with Crippen molar-refractivity contribution in [2.75, 3.05) is 6.54 Å². The Balaban J connectivity index is 1.95. The third-order valence-corrected chi connectivity index (χ3v) is 3.78. The van der Waals surface area contributed by atoms with Crippen molar-refractivity contribution >= 4 is 11.6 Å². The summed E-state index contributed by atoms with van der Waals surface area (Å²) in [4.78, 5) is 0. The Hall–Kier alpha value is -1.58. The number of benzene rings is 2. The van der Waals surface area contributed by atoms with Gasteiger partial charge in [0.2, 0.25) is 0 Å². The molecule has 0 aliphatic rings. The second-order valence-electron chi connectivity index (χ2n) is 6.03. The van der Waals surface area contributed by atoms with Gasteiger partial charge in [0.05, 0.1) is 0 Å². The van der Waals surface area contributed by atoms with E-state index in [1.54, 1.807) is 12.1 Å². The lowest BCUT2D eigenvalue weighted by molar-refractivity contribution is 0.302. The van der Waals surface area contributed by atoms with Crippen molar-refractivity contribution < 1.29 is 9.13 Å². The maximum atomic E-state index is 12.9. The van der Waals surface area contributed by atoms with Gasteiger partial charge in [0.25, 0.3) is 0 Å². The van der Waals surface area contributed by atoms with Gasteiger partial charge < -0.3 is 10.1 Å². The van der Waals surface area contributed by atoms with E-state index >= 15 is 0 Å². The molecule has 0 radical (unpaired) electrons. The second-order valence-corrected chi connectivity index (χ2v) is 6.46. The van der Waals surface area contributed by atoms with E-state index in [2.05, 4.69) is 19.2 Å². The van der Waals surface area contributed by atoms with E-state index in [0.29, 0.717) is 24.1 Å². The van der Waals surface area contributed by atoms with Crippen LogP contribution in [0.3, 0.4) is 0 Å². The molecule has 2 aromatic rings. The lowest BCUT2D eigenvalue weighted by Gasteiger charge is -2.13. The molecule has 0 aliphatic heterocycles. The molecule has 0 spiro atoms. The van der Waals surface area contributed by atoms with E-state index in [0.717, 1.165) is 29.8 Å². The summed E-state index contributed by atoms with van der Waals surface area (Å²) in [6.07, 6.45) is 1.13.